The lowest BCUT2D eigenvalue weighted by Crippen LogP contribution is -2.28. The summed E-state index contributed by atoms with van der Waals surface area (Å²) in [7, 11) is 0. The first-order chi connectivity index (χ1) is 13.9. The molecule has 8 heteroatoms. The first-order valence-electron chi connectivity index (χ1n) is 9.10. The van der Waals surface area contributed by atoms with E-state index < -0.39 is 12.6 Å². The molecule has 0 fully saturated rings. The summed E-state index contributed by atoms with van der Waals surface area (Å²) < 4.78 is 43.2. The molecule has 1 aliphatic rings. The van der Waals surface area contributed by atoms with Crippen molar-refractivity contribution in [3.63, 3.8) is 0 Å². The average molecular weight is 401 g/mol. The van der Waals surface area contributed by atoms with Crippen LogP contribution in [0, 0.1) is 0 Å². The zero-order valence-electron chi connectivity index (χ0n) is 15.4. The normalized spacial score (nSPS) is 13.6. The Labute approximate surface area is 165 Å². The first kappa shape index (κ1) is 19.0. The van der Waals surface area contributed by atoms with Gasteiger partial charge in [-0.05, 0) is 29.3 Å². The number of carbonyl (C=O) groups is 1. The van der Waals surface area contributed by atoms with Gasteiger partial charge in [-0.25, -0.2) is 0 Å². The summed E-state index contributed by atoms with van der Waals surface area (Å²) in [5, 5.41) is 7.05. The van der Waals surface area contributed by atoms with E-state index in [0.717, 1.165) is 16.8 Å². The van der Waals surface area contributed by atoms with Gasteiger partial charge in [-0.15, -0.1) is 0 Å². The smallest absolute Gasteiger partial charge is 0.390 e. The summed E-state index contributed by atoms with van der Waals surface area (Å²) in [6.45, 7) is 0.0797. The second kappa shape index (κ2) is 7.62. The SMILES string of the molecule is O=C1c2ccc(OCc3cn[nH]c3-c3ccccc3)cc2CN1CCC(F)(F)F. The van der Waals surface area contributed by atoms with Crippen LogP contribution in [0.15, 0.2) is 54.7 Å². The minimum absolute atomic E-state index is 0.155. The molecule has 0 radical (unpaired) electrons. The van der Waals surface area contributed by atoms with Gasteiger partial charge in [-0.3, -0.25) is 9.89 Å². The summed E-state index contributed by atoms with van der Waals surface area (Å²) in [6.07, 6.45) is -3.61. The molecule has 4 rings (SSSR count). The molecule has 5 nitrogen and oxygen atoms in total. The second-order valence-corrected chi connectivity index (χ2v) is 6.84. The van der Waals surface area contributed by atoms with Crippen LogP contribution in [0.25, 0.3) is 11.3 Å². The highest BCUT2D eigenvalue weighted by atomic mass is 19.4. The van der Waals surface area contributed by atoms with Gasteiger partial charge in [0, 0.05) is 24.2 Å². The van der Waals surface area contributed by atoms with Crippen LogP contribution in [-0.2, 0) is 13.2 Å². The van der Waals surface area contributed by atoms with E-state index in [4.69, 9.17) is 4.74 Å². The van der Waals surface area contributed by atoms with E-state index in [1.54, 1.807) is 24.4 Å². The maximum absolute atomic E-state index is 12.5. The number of hydrogen-bond acceptors (Lipinski definition) is 3. The number of alkyl halides is 3. The Morgan fingerprint density at radius 1 is 1.14 bits per heavy atom. The lowest BCUT2D eigenvalue weighted by Gasteiger charge is -2.16. The van der Waals surface area contributed by atoms with E-state index in [2.05, 4.69) is 10.2 Å². The number of carbonyl (C=O) groups excluding carboxylic acids is 1. The number of fused-ring (bicyclic) bond motifs is 1. The first-order valence-corrected chi connectivity index (χ1v) is 9.10. The molecule has 0 aliphatic carbocycles. The monoisotopic (exact) mass is 401 g/mol. The van der Waals surface area contributed by atoms with Crippen LogP contribution in [0.3, 0.4) is 0 Å². The summed E-state index contributed by atoms with van der Waals surface area (Å²) >= 11 is 0. The fourth-order valence-electron chi connectivity index (χ4n) is 3.33. The van der Waals surface area contributed by atoms with E-state index in [0.29, 0.717) is 16.9 Å². The summed E-state index contributed by atoms with van der Waals surface area (Å²) in [4.78, 5) is 13.5. The molecule has 29 heavy (non-hydrogen) atoms. The third-order valence-electron chi connectivity index (χ3n) is 4.80. The molecule has 2 aromatic carbocycles. The topological polar surface area (TPSA) is 58.2 Å². The number of amides is 1. The Morgan fingerprint density at radius 2 is 1.93 bits per heavy atom. The summed E-state index contributed by atoms with van der Waals surface area (Å²) in [5.41, 5.74) is 3.82. The van der Waals surface area contributed by atoms with E-state index in [-0.39, 0.29) is 25.6 Å². The standard InChI is InChI=1S/C21H18F3N3O2/c22-21(23,24)8-9-27-12-15-10-17(6-7-18(15)20(27)28)29-13-16-11-25-26-19(16)14-4-2-1-3-5-14/h1-7,10-11H,8-9,12-13H2,(H,25,26). The van der Waals surface area contributed by atoms with Crippen LogP contribution >= 0.6 is 0 Å². The summed E-state index contributed by atoms with van der Waals surface area (Å²) in [6, 6.07) is 14.7. The number of H-pyrrole nitrogens is 1. The Kier molecular flexibility index (Phi) is 5.00. The molecule has 0 saturated carbocycles. The number of halogens is 3. The van der Waals surface area contributed by atoms with Crippen LogP contribution in [0.5, 0.6) is 5.75 Å². The van der Waals surface area contributed by atoms with Gasteiger partial charge in [0.15, 0.2) is 0 Å². The molecule has 0 spiro atoms. The lowest BCUT2D eigenvalue weighted by atomic mass is 10.1. The molecule has 0 atom stereocenters. The molecule has 1 aromatic heterocycles. The number of nitrogens with zero attached hydrogens (tertiary/aromatic N) is 2. The van der Waals surface area contributed by atoms with E-state index >= 15 is 0 Å². The number of nitrogens with one attached hydrogen (secondary N) is 1. The van der Waals surface area contributed by atoms with Crippen molar-refractivity contribution < 1.29 is 22.7 Å². The van der Waals surface area contributed by atoms with Crippen molar-refractivity contribution in [3.8, 4) is 17.0 Å². The van der Waals surface area contributed by atoms with Gasteiger partial charge in [0.2, 0.25) is 0 Å². The number of aromatic nitrogens is 2. The zero-order chi connectivity index (χ0) is 20.4. The molecule has 2 heterocycles. The van der Waals surface area contributed by atoms with E-state index in [1.165, 1.54) is 4.90 Å². The fraction of sp³-hybridized carbons (Fsp3) is 0.238. The largest absolute Gasteiger partial charge is 0.489 e. The van der Waals surface area contributed by atoms with Crippen LogP contribution in [-0.4, -0.2) is 33.7 Å². The lowest BCUT2D eigenvalue weighted by molar-refractivity contribution is -0.136. The van der Waals surface area contributed by atoms with Gasteiger partial charge in [0.1, 0.15) is 12.4 Å². The average Bonchev–Trinajstić information content (AvgIpc) is 3.29. The molecule has 0 unspecified atom stereocenters. The van der Waals surface area contributed by atoms with Crippen molar-refractivity contribution in [1.82, 2.24) is 15.1 Å². The highest BCUT2D eigenvalue weighted by molar-refractivity contribution is 5.98. The van der Waals surface area contributed by atoms with Crippen molar-refractivity contribution in [3.05, 3.63) is 71.4 Å². The molecular weight excluding hydrogens is 383 g/mol. The minimum Gasteiger partial charge on any atom is -0.489 e. The molecule has 150 valence electrons. The van der Waals surface area contributed by atoms with Crippen molar-refractivity contribution in [2.45, 2.75) is 25.7 Å². The van der Waals surface area contributed by atoms with Crippen molar-refractivity contribution in [2.75, 3.05) is 6.54 Å². The Morgan fingerprint density at radius 3 is 2.69 bits per heavy atom. The third-order valence-corrected chi connectivity index (χ3v) is 4.80. The third kappa shape index (κ3) is 4.26. The molecule has 1 aliphatic heterocycles. The predicted molar refractivity (Wildman–Crippen MR) is 100 cm³/mol. The highest BCUT2D eigenvalue weighted by Crippen LogP contribution is 2.29. The molecule has 1 N–H and O–H groups in total. The number of rotatable bonds is 6. The molecule has 0 bridgehead atoms. The number of hydrogen-bond donors (Lipinski definition) is 1. The van der Waals surface area contributed by atoms with Crippen molar-refractivity contribution in [1.29, 1.82) is 0 Å². The number of benzene rings is 2. The Balaban J connectivity index is 1.43. The van der Waals surface area contributed by atoms with Crippen molar-refractivity contribution >= 4 is 5.91 Å². The van der Waals surface area contributed by atoms with E-state index in [1.807, 2.05) is 30.3 Å². The molecule has 3 aromatic rings. The molecule has 0 saturated heterocycles. The van der Waals surface area contributed by atoms with Gasteiger partial charge in [-0.2, -0.15) is 18.3 Å². The zero-order valence-corrected chi connectivity index (χ0v) is 15.4. The maximum atomic E-state index is 12.5. The van der Waals surface area contributed by atoms with Crippen molar-refractivity contribution in [2.24, 2.45) is 0 Å². The van der Waals surface area contributed by atoms with Gasteiger partial charge in [0.05, 0.1) is 18.3 Å². The Hall–Kier alpha value is -3.29. The van der Waals surface area contributed by atoms with Gasteiger partial charge in [-0.1, -0.05) is 30.3 Å². The second-order valence-electron chi connectivity index (χ2n) is 6.84. The molecular formula is C21H18F3N3O2. The fourth-order valence-corrected chi connectivity index (χ4v) is 3.33. The minimum atomic E-state index is -4.29. The van der Waals surface area contributed by atoms with Gasteiger partial charge >= 0.3 is 6.18 Å². The van der Waals surface area contributed by atoms with Crippen LogP contribution in [0.1, 0.15) is 27.9 Å². The molecule has 1 amide bonds. The Bertz CT molecular complexity index is 1020. The predicted octanol–water partition coefficient (Wildman–Crippen LogP) is 4.56. The number of aromatic amines is 1. The van der Waals surface area contributed by atoms with E-state index in [9.17, 15) is 18.0 Å². The van der Waals surface area contributed by atoms with Crippen LogP contribution in [0.2, 0.25) is 0 Å². The summed E-state index contributed by atoms with van der Waals surface area (Å²) in [5.74, 6) is 0.173. The van der Waals surface area contributed by atoms with Crippen LogP contribution in [0.4, 0.5) is 13.2 Å². The maximum Gasteiger partial charge on any atom is 0.390 e. The van der Waals surface area contributed by atoms with Gasteiger partial charge < -0.3 is 9.64 Å². The van der Waals surface area contributed by atoms with Crippen LogP contribution < -0.4 is 4.74 Å². The quantitative estimate of drug-likeness (QED) is 0.659. The highest BCUT2D eigenvalue weighted by Gasteiger charge is 2.33. The number of ether oxygens (including phenoxy) is 1. The van der Waals surface area contributed by atoms with Gasteiger partial charge in [0.25, 0.3) is 5.91 Å².